The van der Waals surface area contributed by atoms with Crippen LogP contribution in [0.5, 0.6) is 0 Å². The van der Waals surface area contributed by atoms with Crippen molar-refractivity contribution < 1.29 is 14.6 Å². The van der Waals surface area contributed by atoms with Crippen LogP contribution in [0.4, 0.5) is 0 Å². The van der Waals surface area contributed by atoms with Gasteiger partial charge < -0.3 is 15.2 Å². The van der Waals surface area contributed by atoms with Gasteiger partial charge in [-0.1, -0.05) is 0 Å². The summed E-state index contributed by atoms with van der Waals surface area (Å²) in [5.41, 5.74) is 0. The molecular formula is C9H19NO3. The second-order valence-corrected chi connectivity index (χ2v) is 2.95. The zero-order chi connectivity index (χ0) is 10.1. The van der Waals surface area contributed by atoms with E-state index in [0.717, 1.165) is 12.8 Å². The first-order valence-corrected chi connectivity index (χ1v) is 4.70. The van der Waals surface area contributed by atoms with E-state index in [1.807, 2.05) is 6.92 Å². The van der Waals surface area contributed by atoms with Crippen LogP contribution in [0.3, 0.4) is 0 Å². The lowest BCUT2D eigenvalue weighted by Crippen LogP contribution is -2.32. The van der Waals surface area contributed by atoms with Gasteiger partial charge in [0.05, 0.1) is 13.2 Å². The highest BCUT2D eigenvalue weighted by atomic mass is 16.5. The van der Waals surface area contributed by atoms with Crippen molar-refractivity contribution in [3.8, 4) is 0 Å². The number of rotatable bonds is 7. The van der Waals surface area contributed by atoms with Crippen LogP contribution in [0.1, 0.15) is 26.7 Å². The van der Waals surface area contributed by atoms with E-state index >= 15 is 0 Å². The summed E-state index contributed by atoms with van der Waals surface area (Å²) in [5.74, 6) is -0.224. The smallest absolute Gasteiger partial charge is 0.319 e. The van der Waals surface area contributed by atoms with Crippen LogP contribution in [0.2, 0.25) is 0 Å². The van der Waals surface area contributed by atoms with Crippen molar-refractivity contribution in [2.45, 2.75) is 32.7 Å². The maximum absolute atomic E-state index is 10.9. The minimum atomic E-state index is -0.224. The molecule has 0 rings (SSSR count). The van der Waals surface area contributed by atoms with Gasteiger partial charge in [0.2, 0.25) is 0 Å². The summed E-state index contributed by atoms with van der Waals surface area (Å²) >= 11 is 0. The number of ether oxygens (including phenoxy) is 1. The van der Waals surface area contributed by atoms with Gasteiger partial charge in [0.25, 0.3) is 0 Å². The lowest BCUT2D eigenvalue weighted by Gasteiger charge is -2.11. The minimum absolute atomic E-state index is 0.200. The highest BCUT2D eigenvalue weighted by molar-refractivity contribution is 5.71. The lowest BCUT2D eigenvalue weighted by atomic mass is 10.2. The summed E-state index contributed by atoms with van der Waals surface area (Å²) in [6.07, 6.45) is 1.63. The number of nitrogens with one attached hydrogen (secondary N) is 1. The summed E-state index contributed by atoms with van der Waals surface area (Å²) in [5, 5.41) is 11.6. The molecule has 0 aliphatic carbocycles. The van der Waals surface area contributed by atoms with Crippen molar-refractivity contribution in [3.05, 3.63) is 0 Å². The fraction of sp³-hybridized carbons (Fsp3) is 0.889. The van der Waals surface area contributed by atoms with Crippen molar-refractivity contribution in [2.24, 2.45) is 0 Å². The van der Waals surface area contributed by atoms with Crippen LogP contribution < -0.4 is 5.32 Å². The van der Waals surface area contributed by atoms with Gasteiger partial charge >= 0.3 is 5.97 Å². The predicted molar refractivity (Wildman–Crippen MR) is 50.4 cm³/mol. The molecule has 1 atom stereocenters. The number of hydrogen-bond donors (Lipinski definition) is 2. The standard InChI is InChI=1S/C9H19NO3/c1-3-13-9(12)7-10-8(2)5-4-6-11/h8,10-11H,3-7H2,1-2H3. The van der Waals surface area contributed by atoms with E-state index in [4.69, 9.17) is 9.84 Å². The zero-order valence-corrected chi connectivity index (χ0v) is 8.38. The lowest BCUT2D eigenvalue weighted by molar-refractivity contribution is -0.142. The molecule has 0 amide bonds. The minimum Gasteiger partial charge on any atom is -0.465 e. The summed E-state index contributed by atoms with van der Waals surface area (Å²) in [7, 11) is 0. The third-order valence-electron chi connectivity index (χ3n) is 1.70. The third kappa shape index (κ3) is 7.74. The van der Waals surface area contributed by atoms with Crippen LogP contribution in [-0.2, 0) is 9.53 Å². The highest BCUT2D eigenvalue weighted by Crippen LogP contribution is 1.94. The van der Waals surface area contributed by atoms with Gasteiger partial charge in [0, 0.05) is 12.6 Å². The summed E-state index contributed by atoms with van der Waals surface area (Å²) in [6, 6.07) is 0.247. The van der Waals surface area contributed by atoms with Gasteiger partial charge in [-0.3, -0.25) is 4.79 Å². The molecule has 0 aromatic carbocycles. The number of carbonyl (C=O) groups is 1. The Hall–Kier alpha value is -0.610. The SMILES string of the molecule is CCOC(=O)CNC(C)CCCO. The molecule has 4 nitrogen and oxygen atoms in total. The first-order valence-electron chi connectivity index (χ1n) is 4.70. The molecule has 0 fully saturated rings. The predicted octanol–water partition coefficient (Wildman–Crippen LogP) is 0.300. The van der Waals surface area contributed by atoms with Gasteiger partial charge in [-0.15, -0.1) is 0 Å². The van der Waals surface area contributed by atoms with Crippen molar-refractivity contribution >= 4 is 5.97 Å². The van der Waals surface area contributed by atoms with E-state index in [-0.39, 0.29) is 25.2 Å². The molecule has 2 N–H and O–H groups in total. The van der Waals surface area contributed by atoms with Gasteiger partial charge in [-0.25, -0.2) is 0 Å². The Balaban J connectivity index is 3.34. The van der Waals surface area contributed by atoms with E-state index in [2.05, 4.69) is 5.32 Å². The Kier molecular flexibility index (Phi) is 7.63. The topological polar surface area (TPSA) is 58.6 Å². The van der Waals surface area contributed by atoms with Gasteiger partial charge in [0.15, 0.2) is 0 Å². The Morgan fingerprint density at radius 2 is 2.31 bits per heavy atom. The van der Waals surface area contributed by atoms with Gasteiger partial charge in [-0.2, -0.15) is 0 Å². The fourth-order valence-electron chi connectivity index (χ4n) is 0.969. The second kappa shape index (κ2) is 8.01. The van der Waals surface area contributed by atoms with E-state index in [1.54, 1.807) is 6.92 Å². The molecule has 78 valence electrons. The molecule has 0 radical (unpaired) electrons. The second-order valence-electron chi connectivity index (χ2n) is 2.95. The zero-order valence-electron chi connectivity index (χ0n) is 8.38. The molecule has 13 heavy (non-hydrogen) atoms. The van der Waals surface area contributed by atoms with Crippen molar-refractivity contribution in [2.75, 3.05) is 19.8 Å². The first kappa shape index (κ1) is 12.4. The van der Waals surface area contributed by atoms with Crippen LogP contribution in [0.25, 0.3) is 0 Å². The van der Waals surface area contributed by atoms with Crippen LogP contribution >= 0.6 is 0 Å². The number of aliphatic hydroxyl groups is 1. The fourth-order valence-corrected chi connectivity index (χ4v) is 0.969. The number of hydrogen-bond acceptors (Lipinski definition) is 4. The van der Waals surface area contributed by atoms with Crippen LogP contribution in [0, 0.1) is 0 Å². The molecule has 0 aromatic heterocycles. The van der Waals surface area contributed by atoms with E-state index in [9.17, 15) is 4.79 Å². The maximum Gasteiger partial charge on any atom is 0.319 e. The van der Waals surface area contributed by atoms with E-state index in [0.29, 0.717) is 6.61 Å². The molecular weight excluding hydrogens is 170 g/mol. The summed E-state index contributed by atoms with van der Waals surface area (Å²) in [6.45, 7) is 4.64. The number of esters is 1. The monoisotopic (exact) mass is 189 g/mol. The molecule has 0 saturated carbocycles. The quantitative estimate of drug-likeness (QED) is 0.565. The molecule has 0 aromatic rings. The molecule has 0 aliphatic heterocycles. The molecule has 0 spiro atoms. The Labute approximate surface area is 79.3 Å². The largest absolute Gasteiger partial charge is 0.465 e. The molecule has 4 heteroatoms. The van der Waals surface area contributed by atoms with Gasteiger partial charge in [0.1, 0.15) is 0 Å². The molecule has 0 saturated heterocycles. The van der Waals surface area contributed by atoms with Gasteiger partial charge in [-0.05, 0) is 26.7 Å². The Bertz CT molecular complexity index is 139. The Morgan fingerprint density at radius 3 is 2.85 bits per heavy atom. The average molecular weight is 189 g/mol. The maximum atomic E-state index is 10.9. The van der Waals surface area contributed by atoms with Crippen LogP contribution in [0.15, 0.2) is 0 Å². The molecule has 1 unspecified atom stereocenters. The third-order valence-corrected chi connectivity index (χ3v) is 1.70. The molecule has 0 heterocycles. The van der Waals surface area contributed by atoms with E-state index < -0.39 is 0 Å². The van der Waals surface area contributed by atoms with Crippen LogP contribution in [-0.4, -0.2) is 36.9 Å². The summed E-state index contributed by atoms with van der Waals surface area (Å²) < 4.78 is 4.75. The van der Waals surface area contributed by atoms with Crippen molar-refractivity contribution in [1.82, 2.24) is 5.32 Å². The van der Waals surface area contributed by atoms with Crippen molar-refractivity contribution in [1.29, 1.82) is 0 Å². The first-order chi connectivity index (χ1) is 6.20. The normalized spacial score (nSPS) is 12.5. The van der Waals surface area contributed by atoms with E-state index in [1.165, 1.54) is 0 Å². The number of aliphatic hydroxyl groups excluding tert-OH is 1. The highest BCUT2D eigenvalue weighted by Gasteiger charge is 2.04. The number of carbonyl (C=O) groups excluding carboxylic acids is 1. The molecule has 0 aliphatic rings. The average Bonchev–Trinajstić information content (AvgIpc) is 2.12. The molecule has 0 bridgehead atoms. The Morgan fingerprint density at radius 1 is 1.62 bits per heavy atom. The van der Waals surface area contributed by atoms with Crippen molar-refractivity contribution in [3.63, 3.8) is 0 Å². The summed E-state index contributed by atoms with van der Waals surface area (Å²) in [4.78, 5) is 10.9.